The molecule has 0 radical (unpaired) electrons. The van der Waals surface area contributed by atoms with Crippen molar-refractivity contribution >= 4 is 67.6 Å². The van der Waals surface area contributed by atoms with Gasteiger partial charge in [0, 0.05) is 5.69 Å². The Balaban J connectivity index is 1.74. The fourth-order valence-electron chi connectivity index (χ4n) is 2.33. The van der Waals surface area contributed by atoms with E-state index in [0.717, 1.165) is 4.70 Å². The van der Waals surface area contributed by atoms with E-state index in [2.05, 4.69) is 15.6 Å². The third kappa shape index (κ3) is 4.92. The number of thiazole rings is 1. The van der Waals surface area contributed by atoms with Gasteiger partial charge < -0.3 is 10.1 Å². The molecule has 3 rings (SSSR count). The van der Waals surface area contributed by atoms with Crippen molar-refractivity contribution in [2.24, 2.45) is 5.92 Å². The molecule has 1 heterocycles. The van der Waals surface area contributed by atoms with Gasteiger partial charge in [0.1, 0.15) is 0 Å². The second kappa shape index (κ2) is 8.77. The number of hydrogen-bond acceptors (Lipinski definition) is 5. The van der Waals surface area contributed by atoms with Crippen LogP contribution in [0.2, 0.25) is 10.0 Å². The lowest BCUT2D eigenvalue weighted by atomic mass is 10.2. The molecule has 0 bridgehead atoms. The van der Waals surface area contributed by atoms with Crippen LogP contribution in [0.15, 0.2) is 36.4 Å². The highest BCUT2D eigenvalue weighted by Crippen LogP contribution is 2.30. The minimum Gasteiger partial charge on any atom is -0.449 e. The number of carbonyl (C=O) groups excluding carboxylic acids is 2. The van der Waals surface area contributed by atoms with Crippen molar-refractivity contribution < 1.29 is 14.3 Å². The molecule has 0 atom stereocenters. The highest BCUT2D eigenvalue weighted by atomic mass is 35.5. The first-order chi connectivity index (χ1) is 13.3. The molecule has 9 heteroatoms. The third-order valence-corrected chi connectivity index (χ3v) is 5.16. The van der Waals surface area contributed by atoms with E-state index < -0.39 is 12.0 Å². The minimum atomic E-state index is -0.547. The Bertz CT molecular complexity index is 1020. The van der Waals surface area contributed by atoms with Crippen LogP contribution in [-0.2, 0) is 4.74 Å². The number of rotatable bonds is 5. The highest BCUT2D eigenvalue weighted by Gasteiger charge is 2.15. The number of aromatic nitrogens is 1. The van der Waals surface area contributed by atoms with E-state index in [1.165, 1.54) is 11.3 Å². The number of nitrogens with zero attached hydrogens (tertiary/aromatic N) is 1. The number of amides is 2. The number of ether oxygens (including phenoxy) is 1. The van der Waals surface area contributed by atoms with E-state index in [1.807, 2.05) is 13.8 Å². The summed E-state index contributed by atoms with van der Waals surface area (Å²) in [5.41, 5.74) is 1.47. The molecule has 0 aliphatic heterocycles. The Labute approximate surface area is 175 Å². The second-order valence-corrected chi connectivity index (χ2v) is 8.21. The molecule has 3 aromatic rings. The van der Waals surface area contributed by atoms with Gasteiger partial charge in [0.25, 0.3) is 5.91 Å². The number of carbonyl (C=O) groups is 2. The van der Waals surface area contributed by atoms with Crippen molar-refractivity contribution in [2.75, 3.05) is 17.2 Å². The molecule has 1 aromatic heterocycles. The van der Waals surface area contributed by atoms with Crippen LogP contribution in [0.4, 0.5) is 15.6 Å². The number of nitrogens with one attached hydrogen (secondary N) is 2. The van der Waals surface area contributed by atoms with Crippen LogP contribution in [0.1, 0.15) is 24.2 Å². The monoisotopic (exact) mass is 437 g/mol. The summed E-state index contributed by atoms with van der Waals surface area (Å²) in [5, 5.41) is 6.35. The fraction of sp³-hybridized carbons (Fsp3) is 0.211. The van der Waals surface area contributed by atoms with Crippen molar-refractivity contribution in [2.45, 2.75) is 13.8 Å². The molecule has 0 fully saturated rings. The quantitative estimate of drug-likeness (QED) is 0.508. The summed E-state index contributed by atoms with van der Waals surface area (Å²) in [6, 6.07) is 10.1. The number of hydrogen-bond donors (Lipinski definition) is 2. The molecule has 0 unspecified atom stereocenters. The van der Waals surface area contributed by atoms with Gasteiger partial charge in [0.05, 0.1) is 32.4 Å². The maximum absolute atomic E-state index is 12.5. The van der Waals surface area contributed by atoms with Crippen LogP contribution >= 0.6 is 34.5 Å². The molecule has 0 aliphatic rings. The number of anilines is 2. The zero-order valence-corrected chi connectivity index (χ0v) is 17.4. The standard InChI is InChI=1S/C19H17Cl2N3O3S/c1-10(2)9-27-19(26)24-18-23-14-7-6-11(8-15(14)28-18)22-17(25)16-12(20)4-3-5-13(16)21/h3-8,10H,9H2,1-2H3,(H,22,25)(H,23,24,26). The lowest BCUT2D eigenvalue weighted by molar-refractivity contribution is 0.102. The zero-order chi connectivity index (χ0) is 20.3. The van der Waals surface area contributed by atoms with E-state index in [0.29, 0.717) is 22.9 Å². The Morgan fingerprint density at radius 3 is 2.54 bits per heavy atom. The average molecular weight is 438 g/mol. The van der Waals surface area contributed by atoms with E-state index in [-0.39, 0.29) is 21.5 Å². The van der Waals surface area contributed by atoms with Gasteiger partial charge in [-0.05, 0) is 36.2 Å². The van der Waals surface area contributed by atoms with Crippen molar-refractivity contribution in [1.82, 2.24) is 4.98 Å². The number of benzene rings is 2. The van der Waals surface area contributed by atoms with Gasteiger partial charge in [-0.3, -0.25) is 10.1 Å². The molecule has 2 amide bonds. The Kier molecular flexibility index (Phi) is 6.39. The van der Waals surface area contributed by atoms with Gasteiger partial charge in [-0.25, -0.2) is 9.78 Å². The van der Waals surface area contributed by atoms with E-state index in [4.69, 9.17) is 27.9 Å². The first-order valence-corrected chi connectivity index (χ1v) is 10.0. The van der Waals surface area contributed by atoms with Gasteiger partial charge in [-0.1, -0.05) is 54.5 Å². The summed E-state index contributed by atoms with van der Waals surface area (Å²) in [4.78, 5) is 28.6. The fourth-order valence-corrected chi connectivity index (χ4v) is 3.79. The summed E-state index contributed by atoms with van der Waals surface area (Å²) in [5.74, 6) is -0.158. The third-order valence-electron chi connectivity index (χ3n) is 3.59. The number of halogens is 2. The maximum atomic E-state index is 12.5. The highest BCUT2D eigenvalue weighted by molar-refractivity contribution is 7.22. The first kappa shape index (κ1) is 20.4. The van der Waals surface area contributed by atoms with Crippen molar-refractivity contribution in [3.8, 4) is 0 Å². The molecule has 0 aliphatic carbocycles. The van der Waals surface area contributed by atoms with E-state index in [9.17, 15) is 9.59 Å². The molecule has 0 spiro atoms. The molecular formula is C19H17Cl2N3O3S. The number of fused-ring (bicyclic) bond motifs is 1. The topological polar surface area (TPSA) is 80.3 Å². The van der Waals surface area contributed by atoms with Crippen LogP contribution < -0.4 is 10.6 Å². The Morgan fingerprint density at radius 2 is 1.86 bits per heavy atom. The summed E-state index contributed by atoms with van der Waals surface area (Å²) >= 11 is 13.4. The van der Waals surface area contributed by atoms with Crippen LogP contribution in [0.25, 0.3) is 10.2 Å². The SMILES string of the molecule is CC(C)COC(=O)Nc1nc2ccc(NC(=O)c3c(Cl)cccc3Cl)cc2s1. The van der Waals surface area contributed by atoms with Crippen LogP contribution in [0.3, 0.4) is 0 Å². The Hall–Kier alpha value is -2.35. The van der Waals surface area contributed by atoms with Crippen molar-refractivity contribution in [3.63, 3.8) is 0 Å². The molecule has 28 heavy (non-hydrogen) atoms. The summed E-state index contributed by atoms with van der Waals surface area (Å²) in [6.07, 6.45) is -0.547. The minimum absolute atomic E-state index is 0.213. The normalized spacial score (nSPS) is 10.9. The molecule has 0 saturated heterocycles. The predicted molar refractivity (Wildman–Crippen MR) is 114 cm³/mol. The lowest BCUT2D eigenvalue weighted by Crippen LogP contribution is -2.16. The summed E-state index contributed by atoms with van der Waals surface area (Å²) in [6.45, 7) is 4.24. The predicted octanol–water partition coefficient (Wildman–Crippen LogP) is 6.06. The Morgan fingerprint density at radius 1 is 1.14 bits per heavy atom. The summed E-state index contributed by atoms with van der Waals surface area (Å²) < 4.78 is 5.88. The first-order valence-electron chi connectivity index (χ1n) is 8.43. The van der Waals surface area contributed by atoms with Gasteiger partial charge in [-0.15, -0.1) is 0 Å². The molecule has 6 nitrogen and oxygen atoms in total. The maximum Gasteiger partial charge on any atom is 0.413 e. The van der Waals surface area contributed by atoms with Crippen LogP contribution in [0, 0.1) is 5.92 Å². The molecular weight excluding hydrogens is 421 g/mol. The lowest BCUT2D eigenvalue weighted by Gasteiger charge is -2.08. The summed E-state index contributed by atoms with van der Waals surface area (Å²) in [7, 11) is 0. The van der Waals surface area contributed by atoms with Gasteiger partial charge in [-0.2, -0.15) is 0 Å². The van der Waals surface area contributed by atoms with E-state index >= 15 is 0 Å². The zero-order valence-electron chi connectivity index (χ0n) is 15.1. The van der Waals surface area contributed by atoms with Gasteiger partial charge in [0.15, 0.2) is 5.13 Å². The van der Waals surface area contributed by atoms with Crippen LogP contribution in [-0.4, -0.2) is 23.6 Å². The second-order valence-electron chi connectivity index (χ2n) is 6.37. The largest absolute Gasteiger partial charge is 0.449 e. The molecule has 0 saturated carbocycles. The van der Waals surface area contributed by atoms with Crippen molar-refractivity contribution in [1.29, 1.82) is 0 Å². The smallest absolute Gasteiger partial charge is 0.413 e. The molecule has 2 N–H and O–H groups in total. The van der Waals surface area contributed by atoms with Gasteiger partial charge in [0.2, 0.25) is 0 Å². The van der Waals surface area contributed by atoms with Crippen LogP contribution in [0.5, 0.6) is 0 Å². The average Bonchev–Trinajstić information content (AvgIpc) is 3.01. The van der Waals surface area contributed by atoms with Gasteiger partial charge >= 0.3 is 6.09 Å². The van der Waals surface area contributed by atoms with Crippen molar-refractivity contribution in [3.05, 3.63) is 52.0 Å². The van der Waals surface area contributed by atoms with E-state index in [1.54, 1.807) is 36.4 Å². The molecule has 146 valence electrons. The molecule has 2 aromatic carbocycles.